The number of carboxylic acid groups (broad SMARTS) is 1. The van der Waals surface area contributed by atoms with Gasteiger partial charge in [-0.3, -0.25) is 9.59 Å². The standard InChI is InChI=1S/C12H12FNO3/c13-11-8-3-6(4-9(14)12(16)17)1-2-7(8)5-10(11)15/h1-3,9,11H,4-5,14H2,(H,16,17). The number of fused-ring (bicyclic) bond motifs is 1. The number of Topliss-reactive ketones (excluding diaryl/α,β-unsaturated/α-hetero) is 1. The fourth-order valence-electron chi connectivity index (χ4n) is 1.96. The molecule has 5 heteroatoms. The summed E-state index contributed by atoms with van der Waals surface area (Å²) in [5.74, 6) is -1.54. The second-order valence-electron chi connectivity index (χ2n) is 4.19. The average Bonchev–Trinajstić information content (AvgIpc) is 2.55. The van der Waals surface area contributed by atoms with E-state index in [0.29, 0.717) is 16.7 Å². The van der Waals surface area contributed by atoms with Crippen LogP contribution in [0.2, 0.25) is 0 Å². The van der Waals surface area contributed by atoms with E-state index in [2.05, 4.69) is 0 Å². The zero-order valence-corrected chi connectivity index (χ0v) is 9.02. The molecule has 2 atom stereocenters. The molecule has 2 unspecified atom stereocenters. The Balaban J connectivity index is 2.23. The largest absolute Gasteiger partial charge is 0.480 e. The van der Waals surface area contributed by atoms with Crippen molar-refractivity contribution in [1.29, 1.82) is 0 Å². The summed E-state index contributed by atoms with van der Waals surface area (Å²) >= 11 is 0. The van der Waals surface area contributed by atoms with E-state index >= 15 is 0 Å². The van der Waals surface area contributed by atoms with Gasteiger partial charge in [0.2, 0.25) is 0 Å². The summed E-state index contributed by atoms with van der Waals surface area (Å²) in [6.45, 7) is 0. The van der Waals surface area contributed by atoms with Crippen molar-refractivity contribution in [1.82, 2.24) is 0 Å². The Labute approximate surface area is 97.2 Å². The Morgan fingerprint density at radius 1 is 1.59 bits per heavy atom. The van der Waals surface area contributed by atoms with E-state index in [4.69, 9.17) is 10.8 Å². The highest BCUT2D eigenvalue weighted by atomic mass is 19.1. The van der Waals surface area contributed by atoms with E-state index in [1.54, 1.807) is 12.1 Å². The molecule has 2 rings (SSSR count). The second-order valence-corrected chi connectivity index (χ2v) is 4.19. The van der Waals surface area contributed by atoms with Crippen LogP contribution in [0.5, 0.6) is 0 Å². The number of hydrogen-bond donors (Lipinski definition) is 2. The smallest absolute Gasteiger partial charge is 0.320 e. The molecule has 1 aromatic rings. The number of hydrogen-bond acceptors (Lipinski definition) is 3. The first-order valence-corrected chi connectivity index (χ1v) is 5.26. The van der Waals surface area contributed by atoms with Gasteiger partial charge < -0.3 is 10.8 Å². The number of halogens is 1. The van der Waals surface area contributed by atoms with E-state index in [1.165, 1.54) is 6.07 Å². The molecule has 0 saturated heterocycles. The molecule has 0 radical (unpaired) electrons. The quantitative estimate of drug-likeness (QED) is 0.814. The van der Waals surface area contributed by atoms with Gasteiger partial charge in [0.25, 0.3) is 0 Å². The molecule has 90 valence electrons. The number of rotatable bonds is 3. The van der Waals surface area contributed by atoms with Crippen molar-refractivity contribution in [2.75, 3.05) is 0 Å². The van der Waals surface area contributed by atoms with E-state index in [-0.39, 0.29) is 12.8 Å². The fourth-order valence-corrected chi connectivity index (χ4v) is 1.96. The maximum Gasteiger partial charge on any atom is 0.320 e. The lowest BCUT2D eigenvalue weighted by atomic mass is 10.0. The van der Waals surface area contributed by atoms with Gasteiger partial charge in [-0.05, 0) is 23.1 Å². The zero-order valence-electron chi connectivity index (χ0n) is 9.02. The molecular weight excluding hydrogens is 225 g/mol. The van der Waals surface area contributed by atoms with Gasteiger partial charge >= 0.3 is 5.97 Å². The van der Waals surface area contributed by atoms with Crippen LogP contribution in [-0.4, -0.2) is 22.9 Å². The van der Waals surface area contributed by atoms with Gasteiger partial charge in [0.05, 0.1) is 0 Å². The van der Waals surface area contributed by atoms with Crippen LogP contribution < -0.4 is 5.73 Å². The van der Waals surface area contributed by atoms with Crippen LogP contribution in [0.3, 0.4) is 0 Å². The van der Waals surface area contributed by atoms with Gasteiger partial charge in [0.1, 0.15) is 6.04 Å². The van der Waals surface area contributed by atoms with Crippen molar-refractivity contribution in [2.45, 2.75) is 25.1 Å². The Morgan fingerprint density at radius 3 is 2.94 bits per heavy atom. The third kappa shape index (κ3) is 2.19. The van der Waals surface area contributed by atoms with Gasteiger partial charge in [-0.2, -0.15) is 0 Å². The van der Waals surface area contributed by atoms with Crippen LogP contribution in [0, 0.1) is 0 Å². The van der Waals surface area contributed by atoms with Crippen molar-refractivity contribution in [3.63, 3.8) is 0 Å². The van der Waals surface area contributed by atoms with Crippen molar-refractivity contribution in [3.05, 3.63) is 34.9 Å². The summed E-state index contributed by atoms with van der Waals surface area (Å²) in [4.78, 5) is 21.8. The van der Waals surface area contributed by atoms with Gasteiger partial charge in [0.15, 0.2) is 12.0 Å². The minimum absolute atomic E-state index is 0.113. The zero-order chi connectivity index (χ0) is 12.6. The fraction of sp³-hybridized carbons (Fsp3) is 0.333. The molecule has 1 aromatic carbocycles. The minimum atomic E-state index is -1.58. The highest BCUT2D eigenvalue weighted by Crippen LogP contribution is 2.32. The van der Waals surface area contributed by atoms with Gasteiger partial charge in [0, 0.05) is 6.42 Å². The third-order valence-corrected chi connectivity index (χ3v) is 2.90. The monoisotopic (exact) mass is 237 g/mol. The maximum absolute atomic E-state index is 13.5. The molecule has 0 fully saturated rings. The predicted molar refractivity (Wildman–Crippen MR) is 58.3 cm³/mol. The molecule has 1 aliphatic carbocycles. The summed E-state index contributed by atoms with van der Waals surface area (Å²) in [6.07, 6.45) is -1.34. The maximum atomic E-state index is 13.5. The highest BCUT2D eigenvalue weighted by molar-refractivity contribution is 5.91. The Bertz CT molecular complexity index is 487. The van der Waals surface area contributed by atoms with E-state index in [0.717, 1.165) is 0 Å². The number of benzene rings is 1. The average molecular weight is 237 g/mol. The Hall–Kier alpha value is -1.75. The van der Waals surface area contributed by atoms with Crippen molar-refractivity contribution < 1.29 is 19.1 Å². The number of carbonyl (C=O) groups is 2. The second kappa shape index (κ2) is 4.25. The Morgan fingerprint density at radius 2 is 2.29 bits per heavy atom. The summed E-state index contributed by atoms with van der Waals surface area (Å²) in [5, 5.41) is 8.68. The first-order valence-electron chi connectivity index (χ1n) is 5.26. The molecule has 0 aliphatic heterocycles. The number of ketones is 1. The van der Waals surface area contributed by atoms with Gasteiger partial charge in [-0.25, -0.2) is 4.39 Å². The summed E-state index contributed by atoms with van der Waals surface area (Å²) in [7, 11) is 0. The molecule has 0 bridgehead atoms. The number of carbonyl (C=O) groups excluding carboxylic acids is 1. The molecule has 3 N–H and O–H groups in total. The van der Waals surface area contributed by atoms with E-state index < -0.39 is 24.0 Å². The molecule has 0 heterocycles. The predicted octanol–water partition coefficient (Wildman–Crippen LogP) is 0.777. The summed E-state index contributed by atoms with van der Waals surface area (Å²) in [5.41, 5.74) is 7.06. The SMILES string of the molecule is NC(Cc1ccc2c(c1)C(F)C(=O)C2)C(=O)O. The molecule has 0 amide bonds. The van der Waals surface area contributed by atoms with Crippen molar-refractivity contribution in [2.24, 2.45) is 5.73 Å². The van der Waals surface area contributed by atoms with Crippen LogP contribution in [-0.2, 0) is 22.4 Å². The number of carboxylic acids is 1. The van der Waals surface area contributed by atoms with Crippen LogP contribution in [0.1, 0.15) is 22.9 Å². The van der Waals surface area contributed by atoms with E-state index in [1.807, 2.05) is 0 Å². The first-order chi connectivity index (χ1) is 7.99. The van der Waals surface area contributed by atoms with Gasteiger partial charge in [-0.15, -0.1) is 0 Å². The molecule has 1 aliphatic rings. The lowest BCUT2D eigenvalue weighted by Crippen LogP contribution is -2.32. The lowest BCUT2D eigenvalue weighted by Gasteiger charge is -2.08. The topological polar surface area (TPSA) is 80.4 Å². The van der Waals surface area contributed by atoms with Crippen LogP contribution in [0.25, 0.3) is 0 Å². The Kier molecular flexibility index (Phi) is 2.93. The molecule has 0 saturated carbocycles. The highest BCUT2D eigenvalue weighted by Gasteiger charge is 2.30. The van der Waals surface area contributed by atoms with Crippen molar-refractivity contribution in [3.8, 4) is 0 Å². The number of nitrogens with two attached hydrogens (primary N) is 1. The van der Waals surface area contributed by atoms with Crippen LogP contribution >= 0.6 is 0 Å². The molecule has 4 nitrogen and oxygen atoms in total. The first kappa shape index (κ1) is 11.7. The number of alkyl halides is 1. The molecule has 17 heavy (non-hydrogen) atoms. The van der Waals surface area contributed by atoms with Gasteiger partial charge in [-0.1, -0.05) is 18.2 Å². The molecule has 0 spiro atoms. The van der Waals surface area contributed by atoms with Crippen LogP contribution in [0.4, 0.5) is 4.39 Å². The normalized spacial score (nSPS) is 20.1. The van der Waals surface area contributed by atoms with Crippen LogP contribution in [0.15, 0.2) is 18.2 Å². The number of aliphatic carboxylic acids is 1. The minimum Gasteiger partial charge on any atom is -0.480 e. The summed E-state index contributed by atoms with van der Waals surface area (Å²) < 4.78 is 13.5. The lowest BCUT2D eigenvalue weighted by molar-refractivity contribution is -0.138. The summed E-state index contributed by atoms with van der Waals surface area (Å²) in [6, 6.07) is 3.88. The van der Waals surface area contributed by atoms with E-state index in [9.17, 15) is 14.0 Å². The molecule has 0 aromatic heterocycles. The third-order valence-electron chi connectivity index (χ3n) is 2.90. The molecular formula is C12H12FNO3. The van der Waals surface area contributed by atoms with Crippen molar-refractivity contribution >= 4 is 11.8 Å².